The van der Waals surface area contributed by atoms with Crippen molar-refractivity contribution in [1.82, 2.24) is 0 Å². The minimum Gasteiger partial charge on any atom is -0.453 e. The summed E-state index contributed by atoms with van der Waals surface area (Å²) in [6.45, 7) is 0. The molecule has 12 nitrogen and oxygen atoms in total. The molecule has 0 saturated heterocycles. The monoisotopic (exact) mass is 539 g/mol. The van der Waals surface area contributed by atoms with Crippen molar-refractivity contribution in [3.63, 3.8) is 0 Å². The normalized spacial score (nSPS) is 14.6. The van der Waals surface area contributed by atoms with E-state index in [9.17, 15) is 39.4 Å². The highest BCUT2D eigenvalue weighted by molar-refractivity contribution is 6.45. The molecule has 2 unspecified atom stereocenters. The smallest absolute Gasteiger partial charge is 0.339 e. The number of non-ortho nitro benzene ring substituents is 1. The van der Waals surface area contributed by atoms with E-state index in [0.29, 0.717) is 11.5 Å². The largest absolute Gasteiger partial charge is 0.453 e. The zero-order chi connectivity index (χ0) is 28.6. The number of anilines is 1. The number of hydrogen-bond acceptors (Lipinski definition) is 9. The van der Waals surface area contributed by atoms with Gasteiger partial charge in [0.25, 0.3) is 17.3 Å². The highest BCUT2D eigenvalue weighted by Gasteiger charge is 2.46. The summed E-state index contributed by atoms with van der Waals surface area (Å²) >= 11 is 0. The molecule has 1 N–H and O–H groups in total. The molecule has 0 aliphatic carbocycles. The van der Waals surface area contributed by atoms with E-state index in [1.165, 1.54) is 18.2 Å². The van der Waals surface area contributed by atoms with Crippen LogP contribution < -0.4 is 5.32 Å². The third-order valence-corrected chi connectivity index (χ3v) is 6.48. The number of carbonyl (C=O) groups is 4. The SMILES string of the molecule is O=C(Nc1ccc([N+](=O)[O-])cc1[N+](=O)[O-])C(=O)C(C(=O)c1ccc2ccccc2c1)C1OC(=O)c2ccccc21. The molecule has 1 aliphatic rings. The number of ketones is 2. The minimum atomic E-state index is -1.83. The lowest BCUT2D eigenvalue weighted by molar-refractivity contribution is -0.393. The Labute approximate surface area is 224 Å². The average molecular weight is 539 g/mol. The fourth-order valence-electron chi connectivity index (χ4n) is 4.55. The van der Waals surface area contributed by atoms with Crippen LogP contribution in [0.5, 0.6) is 0 Å². The van der Waals surface area contributed by atoms with E-state index in [0.717, 1.165) is 17.5 Å². The molecule has 2 atom stereocenters. The van der Waals surface area contributed by atoms with Gasteiger partial charge in [0.1, 0.15) is 17.7 Å². The van der Waals surface area contributed by atoms with Gasteiger partial charge in [0, 0.05) is 17.2 Å². The molecule has 1 amide bonds. The summed E-state index contributed by atoms with van der Waals surface area (Å²) in [6.07, 6.45) is -1.44. The molecular formula is C28H17N3O9. The molecule has 1 heterocycles. The zero-order valence-corrected chi connectivity index (χ0v) is 20.3. The number of hydrogen-bond donors (Lipinski definition) is 1. The number of cyclic esters (lactones) is 1. The molecule has 4 aromatic carbocycles. The Morgan fingerprint density at radius 3 is 2.25 bits per heavy atom. The van der Waals surface area contributed by atoms with E-state index in [4.69, 9.17) is 4.74 Å². The molecule has 0 spiro atoms. The van der Waals surface area contributed by atoms with Crippen molar-refractivity contribution in [2.45, 2.75) is 6.10 Å². The molecule has 40 heavy (non-hydrogen) atoms. The van der Waals surface area contributed by atoms with Crippen molar-refractivity contribution in [2.75, 3.05) is 5.32 Å². The fourth-order valence-corrected chi connectivity index (χ4v) is 4.55. The Balaban J connectivity index is 1.54. The second-order valence-electron chi connectivity index (χ2n) is 8.85. The first-order valence-corrected chi connectivity index (χ1v) is 11.8. The maximum atomic E-state index is 13.8. The van der Waals surface area contributed by atoms with Crippen LogP contribution in [0.3, 0.4) is 0 Å². The number of amides is 1. The van der Waals surface area contributed by atoms with Gasteiger partial charge in [0.05, 0.1) is 21.5 Å². The molecule has 0 saturated carbocycles. The minimum absolute atomic E-state index is 0.0756. The number of carbonyl (C=O) groups excluding carboxylic acids is 4. The van der Waals surface area contributed by atoms with E-state index in [2.05, 4.69) is 5.32 Å². The highest BCUT2D eigenvalue weighted by atomic mass is 16.6. The lowest BCUT2D eigenvalue weighted by Crippen LogP contribution is -2.38. The topological polar surface area (TPSA) is 176 Å². The number of nitrogens with one attached hydrogen (secondary N) is 1. The number of ether oxygens (including phenoxy) is 1. The van der Waals surface area contributed by atoms with E-state index in [1.807, 2.05) is 12.1 Å². The summed E-state index contributed by atoms with van der Waals surface area (Å²) in [5.41, 5.74) is -1.49. The standard InChI is InChI=1S/C28H17N3O9/c32-24(17-10-9-15-5-1-2-6-16(15)13-17)23(26-19-7-3-4-8-20(19)28(35)40-26)25(33)27(34)29-21-12-11-18(30(36)37)14-22(21)31(38)39/h1-14,23,26H,(H,29,34). The van der Waals surface area contributed by atoms with Gasteiger partial charge in [-0.3, -0.25) is 34.6 Å². The molecule has 0 radical (unpaired) electrons. The van der Waals surface area contributed by atoms with Gasteiger partial charge in [0.2, 0.25) is 5.78 Å². The predicted molar refractivity (Wildman–Crippen MR) is 140 cm³/mol. The number of nitro benzene ring substituents is 2. The number of benzene rings is 4. The molecule has 4 aromatic rings. The molecule has 5 rings (SSSR count). The number of rotatable bonds is 8. The molecule has 1 aliphatic heterocycles. The zero-order valence-electron chi connectivity index (χ0n) is 20.3. The average Bonchev–Trinajstić information content (AvgIpc) is 3.28. The lowest BCUT2D eigenvalue weighted by Gasteiger charge is -2.21. The van der Waals surface area contributed by atoms with Gasteiger partial charge >= 0.3 is 5.97 Å². The number of esters is 1. The van der Waals surface area contributed by atoms with Crippen molar-refractivity contribution < 1.29 is 33.8 Å². The number of Topliss-reactive ketones (excluding diaryl/α,β-unsaturated/α-hetero) is 2. The summed E-state index contributed by atoms with van der Waals surface area (Å²) < 4.78 is 5.41. The van der Waals surface area contributed by atoms with Gasteiger partial charge in [-0.25, -0.2) is 4.79 Å². The molecule has 0 bridgehead atoms. The van der Waals surface area contributed by atoms with Gasteiger partial charge in [-0.15, -0.1) is 0 Å². The Morgan fingerprint density at radius 1 is 0.825 bits per heavy atom. The third-order valence-electron chi connectivity index (χ3n) is 6.48. The molecule has 0 aromatic heterocycles. The van der Waals surface area contributed by atoms with Crippen LogP contribution >= 0.6 is 0 Å². The Morgan fingerprint density at radius 2 is 1.52 bits per heavy atom. The van der Waals surface area contributed by atoms with Crippen LogP contribution in [-0.4, -0.2) is 33.3 Å². The van der Waals surface area contributed by atoms with Crippen molar-refractivity contribution in [3.8, 4) is 0 Å². The first-order valence-electron chi connectivity index (χ1n) is 11.8. The van der Waals surface area contributed by atoms with Crippen LogP contribution in [0.25, 0.3) is 10.8 Å². The van der Waals surface area contributed by atoms with Gasteiger partial charge in [-0.1, -0.05) is 54.6 Å². The third kappa shape index (κ3) is 4.65. The quantitative estimate of drug-likeness (QED) is 0.0839. The van der Waals surface area contributed by atoms with Crippen LogP contribution in [-0.2, 0) is 14.3 Å². The lowest BCUT2D eigenvalue weighted by atomic mass is 9.84. The van der Waals surface area contributed by atoms with Crippen LogP contribution in [0, 0.1) is 26.1 Å². The summed E-state index contributed by atoms with van der Waals surface area (Å²) in [6, 6.07) is 20.4. The summed E-state index contributed by atoms with van der Waals surface area (Å²) in [4.78, 5) is 73.8. The first-order chi connectivity index (χ1) is 19.2. The van der Waals surface area contributed by atoms with Crippen molar-refractivity contribution >= 4 is 51.3 Å². The number of nitrogens with zero attached hydrogens (tertiary/aromatic N) is 2. The maximum Gasteiger partial charge on any atom is 0.339 e. The second-order valence-corrected chi connectivity index (χ2v) is 8.85. The number of fused-ring (bicyclic) bond motifs is 2. The molecular weight excluding hydrogens is 522 g/mol. The van der Waals surface area contributed by atoms with E-state index >= 15 is 0 Å². The highest BCUT2D eigenvalue weighted by Crippen LogP contribution is 2.39. The van der Waals surface area contributed by atoms with Crippen molar-refractivity contribution in [3.05, 3.63) is 122 Å². The summed E-state index contributed by atoms with van der Waals surface area (Å²) in [5, 5.41) is 26.1. The first kappa shape index (κ1) is 25.9. The van der Waals surface area contributed by atoms with Crippen LogP contribution in [0.1, 0.15) is 32.4 Å². The number of nitro groups is 2. The van der Waals surface area contributed by atoms with Crippen molar-refractivity contribution in [2.24, 2.45) is 5.92 Å². The molecule has 198 valence electrons. The summed E-state index contributed by atoms with van der Waals surface area (Å²) in [7, 11) is 0. The van der Waals surface area contributed by atoms with Crippen molar-refractivity contribution in [1.29, 1.82) is 0 Å². The maximum absolute atomic E-state index is 13.8. The molecule has 12 heteroatoms. The molecule has 0 fully saturated rings. The van der Waals surface area contributed by atoms with Crippen LogP contribution in [0.4, 0.5) is 17.1 Å². The van der Waals surface area contributed by atoms with Crippen LogP contribution in [0.2, 0.25) is 0 Å². The Bertz CT molecular complexity index is 1770. The second kappa shape index (κ2) is 10.2. The van der Waals surface area contributed by atoms with Gasteiger partial charge < -0.3 is 10.1 Å². The van der Waals surface area contributed by atoms with E-state index in [1.54, 1.807) is 36.4 Å². The predicted octanol–water partition coefficient (Wildman–Crippen LogP) is 4.57. The van der Waals surface area contributed by atoms with Gasteiger partial charge in [-0.2, -0.15) is 0 Å². The van der Waals surface area contributed by atoms with E-state index in [-0.39, 0.29) is 16.7 Å². The van der Waals surface area contributed by atoms with E-state index < -0.39 is 62.4 Å². The Hall–Kier alpha value is -5.78. The summed E-state index contributed by atoms with van der Waals surface area (Å²) in [5.74, 6) is -6.14. The Kier molecular flexibility index (Phi) is 6.58. The van der Waals surface area contributed by atoms with Gasteiger partial charge in [0.15, 0.2) is 5.78 Å². The fraction of sp³-hybridized carbons (Fsp3) is 0.0714. The van der Waals surface area contributed by atoms with Gasteiger partial charge in [-0.05, 0) is 29.0 Å². The van der Waals surface area contributed by atoms with Crippen LogP contribution in [0.15, 0.2) is 84.9 Å².